The number of halogens is 1. The van der Waals surface area contributed by atoms with E-state index in [1.807, 2.05) is 18.4 Å². The number of nitrogens with one attached hydrogen (secondary N) is 2. The number of hydrogen-bond acceptors (Lipinski definition) is 7. The van der Waals surface area contributed by atoms with Crippen LogP contribution in [0.2, 0.25) is 5.02 Å². The van der Waals surface area contributed by atoms with Crippen LogP contribution in [0.4, 0.5) is 11.4 Å². The van der Waals surface area contributed by atoms with Crippen LogP contribution in [0.25, 0.3) is 0 Å². The maximum Gasteiger partial charge on any atom is 0.269 e. The summed E-state index contributed by atoms with van der Waals surface area (Å²) in [6.07, 6.45) is 0. The quantitative estimate of drug-likeness (QED) is 0.252. The van der Waals surface area contributed by atoms with Gasteiger partial charge in [-0.2, -0.15) is 0 Å². The van der Waals surface area contributed by atoms with Gasteiger partial charge in [0, 0.05) is 35.0 Å². The summed E-state index contributed by atoms with van der Waals surface area (Å²) in [4.78, 5) is 35.3. The first kappa shape index (κ1) is 25.2. The summed E-state index contributed by atoms with van der Waals surface area (Å²) in [5, 5.41) is 26.0. The first-order valence-corrected chi connectivity index (χ1v) is 11.7. The third-order valence-electron chi connectivity index (χ3n) is 4.93. The van der Waals surface area contributed by atoms with Gasteiger partial charge in [0.2, 0.25) is 5.91 Å². The second kappa shape index (κ2) is 11.1. The van der Waals surface area contributed by atoms with Crippen molar-refractivity contribution in [2.45, 2.75) is 38.5 Å². The second-order valence-corrected chi connectivity index (χ2v) is 8.76. The minimum Gasteiger partial charge on any atom is -0.342 e. The molecule has 34 heavy (non-hydrogen) atoms. The number of carbonyl (C=O) groups is 2. The van der Waals surface area contributed by atoms with Crippen LogP contribution in [0.3, 0.4) is 0 Å². The highest BCUT2D eigenvalue weighted by molar-refractivity contribution is 7.99. The van der Waals surface area contributed by atoms with Crippen molar-refractivity contribution in [3.05, 3.63) is 74.6 Å². The molecule has 178 valence electrons. The summed E-state index contributed by atoms with van der Waals surface area (Å²) >= 11 is 7.08. The van der Waals surface area contributed by atoms with Crippen LogP contribution >= 0.6 is 23.4 Å². The number of nitro groups is 1. The number of carbonyl (C=O) groups excluding carboxylic acids is 2. The van der Waals surface area contributed by atoms with Crippen LogP contribution in [0.1, 0.15) is 41.6 Å². The van der Waals surface area contributed by atoms with Gasteiger partial charge in [0.1, 0.15) is 0 Å². The van der Waals surface area contributed by atoms with E-state index in [4.69, 9.17) is 11.6 Å². The van der Waals surface area contributed by atoms with Crippen LogP contribution in [-0.2, 0) is 11.3 Å². The first-order chi connectivity index (χ1) is 16.2. The minimum absolute atomic E-state index is 0.0364. The van der Waals surface area contributed by atoms with E-state index in [0.717, 1.165) is 0 Å². The van der Waals surface area contributed by atoms with Crippen molar-refractivity contribution in [3.63, 3.8) is 0 Å². The van der Waals surface area contributed by atoms with E-state index in [0.29, 0.717) is 39.4 Å². The Hall–Kier alpha value is -3.44. The molecule has 12 heteroatoms. The Morgan fingerprint density at radius 3 is 2.53 bits per heavy atom. The molecular formula is C22H23ClN6O4S. The monoisotopic (exact) mass is 502 g/mol. The number of thioether (sulfide) groups is 1. The molecule has 1 heterocycles. The molecule has 1 aromatic heterocycles. The Labute approximate surface area is 205 Å². The molecule has 0 aliphatic heterocycles. The smallest absolute Gasteiger partial charge is 0.269 e. The third kappa shape index (κ3) is 6.12. The lowest BCUT2D eigenvalue weighted by molar-refractivity contribution is -0.384. The number of anilines is 1. The van der Waals surface area contributed by atoms with E-state index in [1.165, 1.54) is 30.0 Å². The number of benzene rings is 2. The zero-order valence-corrected chi connectivity index (χ0v) is 20.3. The van der Waals surface area contributed by atoms with Crippen LogP contribution in [0, 0.1) is 17.0 Å². The van der Waals surface area contributed by atoms with Crippen molar-refractivity contribution in [3.8, 4) is 0 Å². The Morgan fingerprint density at radius 2 is 1.91 bits per heavy atom. The zero-order valence-electron chi connectivity index (χ0n) is 18.7. The van der Waals surface area contributed by atoms with E-state index in [-0.39, 0.29) is 23.3 Å². The predicted molar refractivity (Wildman–Crippen MR) is 130 cm³/mol. The fourth-order valence-corrected chi connectivity index (χ4v) is 4.12. The normalized spacial score (nSPS) is 11.6. The van der Waals surface area contributed by atoms with Gasteiger partial charge in [-0.05, 0) is 56.7 Å². The van der Waals surface area contributed by atoms with Gasteiger partial charge in [-0.1, -0.05) is 23.4 Å². The van der Waals surface area contributed by atoms with Crippen molar-refractivity contribution in [2.75, 3.05) is 11.1 Å². The van der Waals surface area contributed by atoms with E-state index >= 15 is 0 Å². The Morgan fingerprint density at radius 1 is 1.21 bits per heavy atom. The largest absolute Gasteiger partial charge is 0.342 e. The average molecular weight is 503 g/mol. The maximum atomic E-state index is 12.5. The Balaban J connectivity index is 1.62. The van der Waals surface area contributed by atoms with Gasteiger partial charge in [0.15, 0.2) is 11.0 Å². The van der Waals surface area contributed by atoms with Crippen LogP contribution in [0.15, 0.2) is 47.6 Å². The van der Waals surface area contributed by atoms with Crippen molar-refractivity contribution in [2.24, 2.45) is 0 Å². The SMILES string of the molecule is CCn1c(SCC(=O)Nc2ccc([N+](=O)[O-])cc2C)nnc1[C@@H](C)NC(=O)c1ccc(Cl)cc1. The first-order valence-electron chi connectivity index (χ1n) is 10.4. The summed E-state index contributed by atoms with van der Waals surface area (Å²) in [6.45, 7) is 5.97. The molecule has 2 N–H and O–H groups in total. The van der Waals surface area contributed by atoms with Crippen molar-refractivity contribution in [1.29, 1.82) is 0 Å². The number of non-ortho nitro benzene ring substituents is 1. The molecule has 0 saturated carbocycles. The Kier molecular flexibility index (Phi) is 8.24. The molecule has 2 amide bonds. The standard InChI is InChI=1S/C22H23ClN6O4S/c1-4-28-20(14(3)24-21(31)15-5-7-16(23)8-6-15)26-27-22(28)34-12-19(30)25-18-10-9-17(29(32)33)11-13(18)2/h5-11,14H,4,12H2,1-3H3,(H,24,31)(H,25,30)/t14-/m1/s1. The second-order valence-electron chi connectivity index (χ2n) is 7.38. The van der Waals surface area contributed by atoms with Gasteiger partial charge in [-0.15, -0.1) is 10.2 Å². The predicted octanol–water partition coefficient (Wildman–Crippen LogP) is 4.39. The molecule has 0 radical (unpaired) electrons. The molecular weight excluding hydrogens is 480 g/mol. The molecule has 2 aromatic carbocycles. The van der Waals surface area contributed by atoms with Crippen molar-refractivity contribution >= 4 is 46.6 Å². The lowest BCUT2D eigenvalue weighted by Crippen LogP contribution is -2.28. The highest BCUT2D eigenvalue weighted by Crippen LogP contribution is 2.24. The molecule has 0 saturated heterocycles. The fraction of sp³-hybridized carbons (Fsp3) is 0.273. The summed E-state index contributed by atoms with van der Waals surface area (Å²) in [7, 11) is 0. The molecule has 0 aliphatic carbocycles. The van der Waals surface area contributed by atoms with E-state index < -0.39 is 11.0 Å². The molecule has 0 spiro atoms. The molecule has 0 aliphatic rings. The average Bonchev–Trinajstić information content (AvgIpc) is 3.22. The number of nitro benzene ring substituents is 1. The molecule has 0 unspecified atom stereocenters. The third-order valence-corrected chi connectivity index (χ3v) is 6.15. The molecule has 1 atom stereocenters. The number of aromatic nitrogens is 3. The number of nitrogens with zero attached hydrogens (tertiary/aromatic N) is 4. The van der Waals surface area contributed by atoms with Gasteiger partial charge in [0.25, 0.3) is 11.6 Å². The molecule has 3 rings (SSSR count). The summed E-state index contributed by atoms with van der Waals surface area (Å²) in [5.41, 5.74) is 1.54. The summed E-state index contributed by atoms with van der Waals surface area (Å²) in [6, 6.07) is 10.4. The van der Waals surface area contributed by atoms with Gasteiger partial charge < -0.3 is 15.2 Å². The number of aryl methyl sites for hydroxylation is 1. The van der Waals surface area contributed by atoms with Gasteiger partial charge >= 0.3 is 0 Å². The minimum atomic E-state index is -0.484. The number of rotatable bonds is 9. The molecule has 10 nitrogen and oxygen atoms in total. The van der Waals surface area contributed by atoms with Crippen LogP contribution in [0.5, 0.6) is 0 Å². The number of amides is 2. The zero-order chi connectivity index (χ0) is 24.8. The Bertz CT molecular complexity index is 1210. The van der Waals surface area contributed by atoms with Crippen LogP contribution in [-0.4, -0.2) is 37.3 Å². The van der Waals surface area contributed by atoms with Gasteiger partial charge in [-0.25, -0.2) is 0 Å². The summed E-state index contributed by atoms with van der Waals surface area (Å²) in [5.74, 6) is 0.0964. The highest BCUT2D eigenvalue weighted by Gasteiger charge is 2.20. The summed E-state index contributed by atoms with van der Waals surface area (Å²) < 4.78 is 1.84. The number of hydrogen-bond donors (Lipinski definition) is 2. The molecule has 0 bridgehead atoms. The van der Waals surface area contributed by atoms with E-state index in [1.54, 1.807) is 31.2 Å². The van der Waals surface area contributed by atoms with Crippen molar-refractivity contribution in [1.82, 2.24) is 20.1 Å². The molecule has 0 fully saturated rings. The topological polar surface area (TPSA) is 132 Å². The van der Waals surface area contributed by atoms with E-state index in [9.17, 15) is 19.7 Å². The lowest BCUT2D eigenvalue weighted by Gasteiger charge is -2.15. The van der Waals surface area contributed by atoms with Crippen LogP contribution < -0.4 is 10.6 Å². The fourth-order valence-electron chi connectivity index (χ4n) is 3.19. The lowest BCUT2D eigenvalue weighted by atomic mass is 10.2. The van der Waals surface area contributed by atoms with E-state index in [2.05, 4.69) is 20.8 Å². The maximum absolute atomic E-state index is 12.5. The van der Waals surface area contributed by atoms with Gasteiger partial charge in [0.05, 0.1) is 16.7 Å². The van der Waals surface area contributed by atoms with Crippen molar-refractivity contribution < 1.29 is 14.5 Å². The molecule has 3 aromatic rings. The van der Waals surface area contributed by atoms with Gasteiger partial charge in [-0.3, -0.25) is 19.7 Å². The highest BCUT2D eigenvalue weighted by atomic mass is 35.5.